The normalized spacial score (nSPS) is 14.3. The Bertz CT molecular complexity index is 451. The van der Waals surface area contributed by atoms with Gasteiger partial charge in [0, 0.05) is 12.4 Å². The average Bonchev–Trinajstić information content (AvgIpc) is 2.91. The van der Waals surface area contributed by atoms with Crippen LogP contribution in [0.15, 0.2) is 42.7 Å². The molecule has 0 unspecified atom stereocenters. The summed E-state index contributed by atoms with van der Waals surface area (Å²) in [4.78, 5) is 0. The minimum atomic E-state index is -0.583. The molecule has 17 heavy (non-hydrogen) atoms. The monoisotopic (exact) mass is 232 g/mol. The van der Waals surface area contributed by atoms with Crippen LogP contribution in [0.2, 0.25) is 0 Å². The van der Waals surface area contributed by atoms with Crippen molar-refractivity contribution in [3.8, 4) is 5.75 Å². The molecule has 0 amide bonds. The minimum absolute atomic E-state index is 0.0987. The van der Waals surface area contributed by atoms with Gasteiger partial charge in [0.05, 0.1) is 13.2 Å². The Balaban J connectivity index is 2.16. The van der Waals surface area contributed by atoms with Crippen molar-refractivity contribution in [2.75, 3.05) is 7.11 Å². The number of aliphatic hydroxyl groups excluding tert-OH is 1. The molecule has 4 nitrogen and oxygen atoms in total. The van der Waals surface area contributed by atoms with E-state index in [1.807, 2.05) is 43.5 Å². The zero-order valence-electron chi connectivity index (χ0n) is 9.95. The number of rotatable bonds is 4. The minimum Gasteiger partial charge on any atom is -0.497 e. The first-order valence-electron chi connectivity index (χ1n) is 5.53. The first kappa shape index (κ1) is 11.7. The second-order valence-electron chi connectivity index (χ2n) is 3.94. The lowest BCUT2D eigenvalue weighted by atomic mass is 10.0. The molecule has 0 aliphatic carbocycles. The number of nitrogens with zero attached hydrogens (tertiary/aromatic N) is 2. The average molecular weight is 232 g/mol. The molecule has 0 spiro atoms. The molecular weight excluding hydrogens is 216 g/mol. The van der Waals surface area contributed by atoms with Crippen LogP contribution in [0.1, 0.15) is 24.6 Å². The van der Waals surface area contributed by atoms with Crippen LogP contribution in [-0.2, 0) is 0 Å². The molecule has 0 saturated heterocycles. The number of hydrogen-bond acceptors (Lipinski definition) is 3. The molecule has 0 fully saturated rings. The summed E-state index contributed by atoms with van der Waals surface area (Å²) < 4.78 is 6.83. The smallest absolute Gasteiger partial charge is 0.118 e. The van der Waals surface area contributed by atoms with Crippen molar-refractivity contribution in [2.45, 2.75) is 19.1 Å². The van der Waals surface area contributed by atoms with Gasteiger partial charge in [0.25, 0.3) is 0 Å². The summed E-state index contributed by atoms with van der Waals surface area (Å²) in [7, 11) is 1.62. The zero-order valence-corrected chi connectivity index (χ0v) is 9.95. The Morgan fingerprint density at radius 2 is 2.00 bits per heavy atom. The standard InChI is InChI=1S/C13H16N2O2/c1-10(15-9-3-8-14-15)13(16)11-4-6-12(17-2)7-5-11/h3-10,13,16H,1-2H3/t10-,13+/m1/s1. The summed E-state index contributed by atoms with van der Waals surface area (Å²) in [6, 6.07) is 9.16. The molecule has 90 valence electrons. The summed E-state index contributed by atoms with van der Waals surface area (Å²) >= 11 is 0. The van der Waals surface area contributed by atoms with Crippen LogP contribution in [0.4, 0.5) is 0 Å². The van der Waals surface area contributed by atoms with Gasteiger partial charge in [-0.25, -0.2) is 0 Å². The van der Waals surface area contributed by atoms with Gasteiger partial charge in [-0.15, -0.1) is 0 Å². The number of hydrogen-bond donors (Lipinski definition) is 1. The maximum absolute atomic E-state index is 10.2. The first-order valence-corrected chi connectivity index (χ1v) is 5.53. The lowest BCUT2D eigenvalue weighted by Crippen LogP contribution is -2.15. The van der Waals surface area contributed by atoms with E-state index in [2.05, 4.69) is 5.10 Å². The van der Waals surface area contributed by atoms with Crippen LogP contribution in [0, 0.1) is 0 Å². The summed E-state index contributed by atoms with van der Waals surface area (Å²) in [5, 5.41) is 14.4. The number of ether oxygens (including phenoxy) is 1. The highest BCUT2D eigenvalue weighted by Gasteiger charge is 2.17. The highest BCUT2D eigenvalue weighted by molar-refractivity contribution is 5.28. The third kappa shape index (κ3) is 2.47. The van der Waals surface area contributed by atoms with E-state index >= 15 is 0 Å². The Morgan fingerprint density at radius 1 is 1.29 bits per heavy atom. The number of benzene rings is 1. The third-order valence-corrected chi connectivity index (χ3v) is 2.86. The fourth-order valence-electron chi connectivity index (χ4n) is 1.75. The fourth-order valence-corrected chi connectivity index (χ4v) is 1.75. The van der Waals surface area contributed by atoms with Crippen LogP contribution in [0.3, 0.4) is 0 Å². The van der Waals surface area contributed by atoms with Gasteiger partial charge < -0.3 is 9.84 Å². The lowest BCUT2D eigenvalue weighted by Gasteiger charge is -2.19. The molecule has 4 heteroatoms. The fraction of sp³-hybridized carbons (Fsp3) is 0.308. The van der Waals surface area contributed by atoms with E-state index in [4.69, 9.17) is 4.74 Å². The van der Waals surface area contributed by atoms with Crippen LogP contribution < -0.4 is 4.74 Å². The molecule has 0 aliphatic rings. The molecule has 0 saturated carbocycles. The Morgan fingerprint density at radius 3 is 2.53 bits per heavy atom. The van der Waals surface area contributed by atoms with Crippen molar-refractivity contribution >= 4 is 0 Å². The van der Waals surface area contributed by atoms with E-state index in [9.17, 15) is 5.11 Å². The zero-order chi connectivity index (χ0) is 12.3. The second kappa shape index (κ2) is 5.01. The van der Waals surface area contributed by atoms with E-state index < -0.39 is 6.10 Å². The molecule has 0 radical (unpaired) electrons. The number of aliphatic hydroxyl groups is 1. The first-order chi connectivity index (χ1) is 8.22. The van der Waals surface area contributed by atoms with Gasteiger partial charge in [-0.1, -0.05) is 12.1 Å². The van der Waals surface area contributed by atoms with E-state index in [1.165, 1.54) is 0 Å². The molecule has 0 bridgehead atoms. The maximum Gasteiger partial charge on any atom is 0.118 e. The van der Waals surface area contributed by atoms with Crippen molar-refractivity contribution in [1.82, 2.24) is 9.78 Å². The van der Waals surface area contributed by atoms with Crippen LogP contribution in [0.25, 0.3) is 0 Å². The molecular formula is C13H16N2O2. The van der Waals surface area contributed by atoms with Crippen molar-refractivity contribution in [2.24, 2.45) is 0 Å². The van der Waals surface area contributed by atoms with Crippen LogP contribution in [0.5, 0.6) is 5.75 Å². The molecule has 1 N–H and O–H groups in total. The van der Waals surface area contributed by atoms with Gasteiger partial charge >= 0.3 is 0 Å². The third-order valence-electron chi connectivity index (χ3n) is 2.86. The van der Waals surface area contributed by atoms with Gasteiger partial charge in [0.15, 0.2) is 0 Å². The Hall–Kier alpha value is -1.81. The van der Waals surface area contributed by atoms with E-state index in [1.54, 1.807) is 18.0 Å². The van der Waals surface area contributed by atoms with Gasteiger partial charge in [0.2, 0.25) is 0 Å². The van der Waals surface area contributed by atoms with Crippen LogP contribution in [-0.4, -0.2) is 22.0 Å². The lowest BCUT2D eigenvalue weighted by molar-refractivity contribution is 0.115. The van der Waals surface area contributed by atoms with E-state index in [0.717, 1.165) is 11.3 Å². The largest absolute Gasteiger partial charge is 0.497 e. The second-order valence-corrected chi connectivity index (χ2v) is 3.94. The number of methoxy groups -OCH3 is 1. The number of aromatic nitrogens is 2. The molecule has 1 heterocycles. The van der Waals surface area contributed by atoms with Crippen LogP contribution >= 0.6 is 0 Å². The molecule has 2 aromatic rings. The SMILES string of the molecule is COc1ccc([C@@H](O)[C@@H](C)n2cccn2)cc1. The van der Waals surface area contributed by atoms with E-state index in [-0.39, 0.29) is 6.04 Å². The molecule has 2 atom stereocenters. The summed E-state index contributed by atoms with van der Waals surface area (Å²) in [6.07, 6.45) is 2.97. The quantitative estimate of drug-likeness (QED) is 0.879. The topological polar surface area (TPSA) is 47.3 Å². The van der Waals surface area contributed by atoms with Gasteiger partial charge in [-0.2, -0.15) is 5.10 Å². The maximum atomic E-state index is 10.2. The van der Waals surface area contributed by atoms with Crippen molar-refractivity contribution < 1.29 is 9.84 Å². The van der Waals surface area contributed by atoms with Gasteiger partial charge in [0.1, 0.15) is 11.9 Å². The van der Waals surface area contributed by atoms with Crippen molar-refractivity contribution in [3.63, 3.8) is 0 Å². The summed E-state index contributed by atoms with van der Waals surface area (Å²) in [5.41, 5.74) is 0.855. The molecule has 0 aliphatic heterocycles. The van der Waals surface area contributed by atoms with Gasteiger partial charge in [-0.05, 0) is 30.7 Å². The predicted molar refractivity (Wildman–Crippen MR) is 64.9 cm³/mol. The van der Waals surface area contributed by atoms with E-state index in [0.29, 0.717) is 0 Å². The van der Waals surface area contributed by atoms with Crippen molar-refractivity contribution in [1.29, 1.82) is 0 Å². The highest BCUT2D eigenvalue weighted by atomic mass is 16.5. The molecule has 1 aromatic heterocycles. The molecule has 2 rings (SSSR count). The Labute approximate surface area is 100 Å². The predicted octanol–water partition coefficient (Wildman–Crippen LogP) is 2.19. The summed E-state index contributed by atoms with van der Waals surface area (Å²) in [6.45, 7) is 1.93. The molecule has 1 aromatic carbocycles. The highest BCUT2D eigenvalue weighted by Crippen LogP contribution is 2.26. The van der Waals surface area contributed by atoms with Gasteiger partial charge in [-0.3, -0.25) is 4.68 Å². The summed E-state index contributed by atoms with van der Waals surface area (Å²) in [5.74, 6) is 0.785. The Kier molecular flexibility index (Phi) is 3.44. The van der Waals surface area contributed by atoms with Crippen molar-refractivity contribution in [3.05, 3.63) is 48.3 Å².